The van der Waals surface area contributed by atoms with Gasteiger partial charge >= 0.3 is 0 Å². The number of hydrogen-bond acceptors (Lipinski definition) is 4. The minimum Gasteiger partial charge on any atom is -0.391 e. The van der Waals surface area contributed by atoms with Crippen LogP contribution in [0.15, 0.2) is 12.1 Å². The summed E-state index contributed by atoms with van der Waals surface area (Å²) in [6, 6.07) is 3.10. The van der Waals surface area contributed by atoms with E-state index < -0.39 is 4.92 Å². The van der Waals surface area contributed by atoms with Gasteiger partial charge in [0.2, 0.25) is 0 Å². The Morgan fingerprint density at radius 3 is 2.89 bits per heavy atom. The highest BCUT2D eigenvalue weighted by Crippen LogP contribution is 2.33. The number of hydrogen-bond donors (Lipinski definition) is 1. The highest BCUT2D eigenvalue weighted by atomic mass is 35.5. The summed E-state index contributed by atoms with van der Waals surface area (Å²) in [6.07, 6.45) is 1.37. The molecule has 1 N–H and O–H groups in total. The van der Waals surface area contributed by atoms with Crippen molar-refractivity contribution >= 4 is 23.0 Å². The molecular formula is C12H15ClN2O3. The lowest BCUT2D eigenvalue weighted by molar-refractivity contribution is -0.384. The number of nitro benzene ring substituents is 1. The van der Waals surface area contributed by atoms with Crippen LogP contribution in [0.5, 0.6) is 0 Å². The molecule has 1 heterocycles. The molecule has 1 fully saturated rings. The first kappa shape index (κ1) is 13.1. The smallest absolute Gasteiger partial charge is 0.288 e. The number of piperidine rings is 1. The molecule has 0 amide bonds. The van der Waals surface area contributed by atoms with Gasteiger partial charge in [-0.15, -0.1) is 0 Å². The van der Waals surface area contributed by atoms with Crippen LogP contribution in [-0.4, -0.2) is 29.2 Å². The molecule has 0 saturated carbocycles. The number of aliphatic hydroxyl groups is 1. The Morgan fingerprint density at radius 2 is 2.28 bits per heavy atom. The molecular weight excluding hydrogens is 256 g/mol. The molecule has 0 radical (unpaired) electrons. The van der Waals surface area contributed by atoms with E-state index in [0.29, 0.717) is 6.54 Å². The van der Waals surface area contributed by atoms with Crippen LogP contribution in [0.3, 0.4) is 0 Å². The van der Waals surface area contributed by atoms with E-state index >= 15 is 0 Å². The van der Waals surface area contributed by atoms with E-state index in [-0.39, 0.29) is 16.8 Å². The Labute approximate surface area is 110 Å². The van der Waals surface area contributed by atoms with Crippen molar-refractivity contribution in [2.75, 3.05) is 18.0 Å². The van der Waals surface area contributed by atoms with Gasteiger partial charge < -0.3 is 10.0 Å². The fraction of sp³-hybridized carbons (Fsp3) is 0.500. The third kappa shape index (κ3) is 2.57. The molecule has 1 atom stereocenters. The summed E-state index contributed by atoms with van der Waals surface area (Å²) >= 11 is 5.92. The highest BCUT2D eigenvalue weighted by molar-refractivity contribution is 6.33. The first-order chi connectivity index (χ1) is 8.49. The van der Waals surface area contributed by atoms with Crippen LogP contribution in [0.4, 0.5) is 11.4 Å². The van der Waals surface area contributed by atoms with E-state index in [1.807, 2.05) is 11.8 Å². The molecule has 1 aromatic rings. The van der Waals surface area contributed by atoms with Crippen molar-refractivity contribution in [3.05, 3.63) is 32.8 Å². The summed E-state index contributed by atoms with van der Waals surface area (Å²) in [5.74, 6) is 0. The maximum atomic E-state index is 10.8. The quantitative estimate of drug-likeness (QED) is 0.662. The van der Waals surface area contributed by atoms with E-state index in [1.54, 1.807) is 6.07 Å². The van der Waals surface area contributed by atoms with Crippen molar-refractivity contribution in [2.24, 2.45) is 0 Å². The number of benzene rings is 1. The molecule has 1 aromatic carbocycles. The van der Waals surface area contributed by atoms with E-state index in [1.165, 1.54) is 6.07 Å². The van der Waals surface area contributed by atoms with Crippen LogP contribution in [-0.2, 0) is 0 Å². The molecule has 2 rings (SSSR count). The standard InChI is InChI=1S/C12H15ClN2O3/c1-8-5-12(15(17)18)10(13)6-11(8)14-4-2-3-9(16)7-14/h5-6,9,16H,2-4,7H2,1H3. The zero-order chi connectivity index (χ0) is 13.3. The molecule has 1 aliphatic rings. The lowest BCUT2D eigenvalue weighted by atomic mass is 10.1. The van der Waals surface area contributed by atoms with Crippen molar-refractivity contribution in [3.63, 3.8) is 0 Å². The van der Waals surface area contributed by atoms with Gasteiger partial charge in [0, 0.05) is 24.8 Å². The molecule has 1 unspecified atom stereocenters. The Balaban J connectivity index is 2.34. The molecule has 1 saturated heterocycles. The fourth-order valence-corrected chi connectivity index (χ4v) is 2.54. The highest BCUT2D eigenvalue weighted by Gasteiger charge is 2.22. The third-order valence-corrected chi connectivity index (χ3v) is 3.50. The van der Waals surface area contributed by atoms with Gasteiger partial charge in [0.25, 0.3) is 5.69 Å². The number of nitro groups is 1. The number of aryl methyl sites for hydroxylation is 1. The van der Waals surface area contributed by atoms with Crippen molar-refractivity contribution in [1.29, 1.82) is 0 Å². The summed E-state index contributed by atoms with van der Waals surface area (Å²) in [4.78, 5) is 12.3. The van der Waals surface area contributed by atoms with Crippen molar-refractivity contribution in [3.8, 4) is 0 Å². The second kappa shape index (κ2) is 5.12. The van der Waals surface area contributed by atoms with E-state index in [0.717, 1.165) is 30.6 Å². The number of β-amino-alcohol motifs (C(OH)–C–C–N with tert-alkyl or cyclic N) is 1. The van der Waals surface area contributed by atoms with Gasteiger partial charge in [-0.05, 0) is 31.4 Å². The monoisotopic (exact) mass is 270 g/mol. The van der Waals surface area contributed by atoms with Crippen LogP contribution < -0.4 is 4.90 Å². The maximum absolute atomic E-state index is 10.8. The maximum Gasteiger partial charge on any atom is 0.288 e. The molecule has 0 aliphatic carbocycles. The van der Waals surface area contributed by atoms with Gasteiger partial charge in [0.15, 0.2) is 0 Å². The average Bonchev–Trinajstić information content (AvgIpc) is 2.31. The minimum atomic E-state index is -0.482. The predicted octanol–water partition coefficient (Wildman–Crippen LogP) is 2.52. The van der Waals surface area contributed by atoms with Gasteiger partial charge in [-0.25, -0.2) is 0 Å². The minimum absolute atomic E-state index is 0.0736. The molecule has 98 valence electrons. The van der Waals surface area contributed by atoms with Crippen molar-refractivity contribution < 1.29 is 10.0 Å². The Morgan fingerprint density at radius 1 is 1.56 bits per heavy atom. The Hall–Kier alpha value is -1.33. The zero-order valence-electron chi connectivity index (χ0n) is 10.1. The van der Waals surface area contributed by atoms with Gasteiger partial charge in [-0.1, -0.05) is 11.6 Å². The normalized spacial score (nSPS) is 19.9. The number of aliphatic hydroxyl groups excluding tert-OH is 1. The van der Waals surface area contributed by atoms with E-state index in [2.05, 4.69) is 0 Å². The fourth-order valence-electron chi connectivity index (χ4n) is 2.31. The van der Waals surface area contributed by atoms with Crippen LogP contribution in [0, 0.1) is 17.0 Å². The lowest BCUT2D eigenvalue weighted by Gasteiger charge is -2.33. The molecule has 0 aromatic heterocycles. The SMILES string of the molecule is Cc1cc([N+](=O)[O-])c(Cl)cc1N1CCCC(O)C1. The second-order valence-electron chi connectivity index (χ2n) is 4.59. The predicted molar refractivity (Wildman–Crippen MR) is 70.3 cm³/mol. The molecule has 0 bridgehead atoms. The van der Waals surface area contributed by atoms with Crippen LogP contribution >= 0.6 is 11.6 Å². The summed E-state index contributed by atoms with van der Waals surface area (Å²) < 4.78 is 0. The first-order valence-corrected chi connectivity index (χ1v) is 6.24. The summed E-state index contributed by atoms with van der Waals surface area (Å²) in [6.45, 7) is 3.21. The lowest BCUT2D eigenvalue weighted by Crippen LogP contribution is -2.38. The van der Waals surface area contributed by atoms with Gasteiger partial charge in [-0.2, -0.15) is 0 Å². The third-order valence-electron chi connectivity index (χ3n) is 3.20. The number of rotatable bonds is 2. The van der Waals surface area contributed by atoms with Crippen LogP contribution in [0.1, 0.15) is 18.4 Å². The summed E-state index contributed by atoms with van der Waals surface area (Å²) in [7, 11) is 0. The van der Waals surface area contributed by atoms with Gasteiger partial charge in [0.1, 0.15) is 5.02 Å². The molecule has 5 nitrogen and oxygen atoms in total. The first-order valence-electron chi connectivity index (χ1n) is 5.86. The number of nitrogens with zero attached hydrogens (tertiary/aromatic N) is 2. The number of anilines is 1. The Kier molecular flexibility index (Phi) is 3.73. The van der Waals surface area contributed by atoms with Crippen molar-refractivity contribution in [2.45, 2.75) is 25.9 Å². The van der Waals surface area contributed by atoms with Gasteiger partial charge in [-0.3, -0.25) is 10.1 Å². The average molecular weight is 271 g/mol. The Bertz CT molecular complexity index is 479. The van der Waals surface area contributed by atoms with Gasteiger partial charge in [0.05, 0.1) is 11.0 Å². The summed E-state index contributed by atoms with van der Waals surface area (Å²) in [5.41, 5.74) is 1.60. The van der Waals surface area contributed by atoms with E-state index in [9.17, 15) is 15.2 Å². The number of halogens is 1. The molecule has 0 spiro atoms. The molecule has 6 heteroatoms. The van der Waals surface area contributed by atoms with Crippen LogP contribution in [0.25, 0.3) is 0 Å². The molecule has 1 aliphatic heterocycles. The zero-order valence-corrected chi connectivity index (χ0v) is 10.9. The summed E-state index contributed by atoms with van der Waals surface area (Å²) in [5, 5.41) is 20.6. The second-order valence-corrected chi connectivity index (χ2v) is 5.00. The van der Waals surface area contributed by atoms with Crippen LogP contribution in [0.2, 0.25) is 5.02 Å². The van der Waals surface area contributed by atoms with E-state index in [4.69, 9.17) is 11.6 Å². The largest absolute Gasteiger partial charge is 0.391 e. The molecule has 18 heavy (non-hydrogen) atoms. The topological polar surface area (TPSA) is 66.6 Å². The van der Waals surface area contributed by atoms with Crippen molar-refractivity contribution in [1.82, 2.24) is 0 Å².